The van der Waals surface area contributed by atoms with Crippen molar-refractivity contribution in [3.8, 4) is 0 Å². The van der Waals surface area contributed by atoms with E-state index in [1.807, 2.05) is 13.8 Å². The van der Waals surface area contributed by atoms with Crippen molar-refractivity contribution in [2.24, 2.45) is 0 Å². The lowest BCUT2D eigenvalue weighted by molar-refractivity contribution is -0.226. The van der Waals surface area contributed by atoms with Gasteiger partial charge in [-0.3, -0.25) is 19.1 Å². The molecule has 1 N–H and O–H groups in total. The van der Waals surface area contributed by atoms with E-state index in [-0.39, 0.29) is 31.5 Å². The Morgan fingerprint density at radius 3 is 2.48 bits per heavy atom. The summed E-state index contributed by atoms with van der Waals surface area (Å²) in [5, 5.41) is 0. The number of ketones is 1. The van der Waals surface area contributed by atoms with E-state index in [2.05, 4.69) is 0 Å². The summed E-state index contributed by atoms with van der Waals surface area (Å²) >= 11 is 0. The van der Waals surface area contributed by atoms with Gasteiger partial charge < -0.3 is 23.8 Å². The molecule has 10 heteroatoms. The molecule has 0 saturated heterocycles. The van der Waals surface area contributed by atoms with Crippen molar-refractivity contribution in [2.45, 2.75) is 38.9 Å². The third-order valence-corrected chi connectivity index (χ3v) is 3.66. The van der Waals surface area contributed by atoms with Crippen LogP contribution in [0.3, 0.4) is 0 Å². The van der Waals surface area contributed by atoms with E-state index in [0.717, 1.165) is 0 Å². The van der Waals surface area contributed by atoms with Gasteiger partial charge in [-0.1, -0.05) is 0 Å². The normalized spacial score (nSPS) is 20.0. The number of hydrogen-bond donors (Lipinski definition) is 1. The number of nitrogens with zero attached hydrogens (tertiary/aromatic N) is 1. The number of rotatable bonds is 11. The van der Waals surface area contributed by atoms with Gasteiger partial charge >= 0.3 is 0 Å². The van der Waals surface area contributed by atoms with Crippen molar-refractivity contribution in [1.29, 1.82) is 0 Å². The number of carbonyl (C=O) groups excluding carboxylic acids is 2. The fourth-order valence-corrected chi connectivity index (χ4v) is 2.37. The topological polar surface area (TPSA) is 112 Å². The zero-order chi connectivity index (χ0) is 19.0. The van der Waals surface area contributed by atoms with Gasteiger partial charge in [0.25, 0.3) is 0 Å². The van der Waals surface area contributed by atoms with Crippen molar-refractivity contribution >= 4 is 19.1 Å². The van der Waals surface area contributed by atoms with Crippen LogP contribution in [0.25, 0.3) is 0 Å². The van der Waals surface area contributed by atoms with Gasteiger partial charge in [0.1, 0.15) is 6.35 Å². The SMILES string of the molecule is COC[C@@H](O[C@H](COC(C)C)OCP(C)(=O)O)N1C=CC(=O)CC1=O. The smallest absolute Gasteiger partial charge is 0.236 e. The fraction of sp³-hybridized carbons (Fsp3) is 0.733. The molecule has 9 nitrogen and oxygen atoms in total. The van der Waals surface area contributed by atoms with Crippen LogP contribution >= 0.6 is 7.37 Å². The molecule has 1 unspecified atom stereocenters. The second-order valence-corrected chi connectivity index (χ2v) is 8.32. The predicted molar refractivity (Wildman–Crippen MR) is 88.9 cm³/mol. The highest BCUT2D eigenvalue weighted by molar-refractivity contribution is 7.56. The van der Waals surface area contributed by atoms with Crippen molar-refractivity contribution < 1.29 is 38.0 Å². The Bertz CT molecular complexity index is 530. The number of hydrogen-bond acceptors (Lipinski definition) is 7. The summed E-state index contributed by atoms with van der Waals surface area (Å²) < 4.78 is 33.0. The summed E-state index contributed by atoms with van der Waals surface area (Å²) in [5.41, 5.74) is 0. The lowest BCUT2D eigenvalue weighted by Gasteiger charge is -2.33. The summed E-state index contributed by atoms with van der Waals surface area (Å²) in [6.07, 6.45) is -0.0149. The molecule has 0 aromatic rings. The molecule has 1 heterocycles. The first-order chi connectivity index (χ1) is 11.6. The van der Waals surface area contributed by atoms with E-state index < -0.39 is 32.1 Å². The minimum atomic E-state index is -3.41. The molecule has 25 heavy (non-hydrogen) atoms. The molecule has 0 saturated carbocycles. The van der Waals surface area contributed by atoms with Crippen LogP contribution in [-0.2, 0) is 33.1 Å². The Balaban J connectivity index is 2.82. The summed E-state index contributed by atoms with van der Waals surface area (Å²) in [6, 6.07) is 0. The molecule has 0 spiro atoms. The number of methoxy groups -OCH3 is 1. The first kappa shape index (κ1) is 22.0. The van der Waals surface area contributed by atoms with Gasteiger partial charge in [-0.15, -0.1) is 0 Å². The molecular formula is C15H26NO8P. The Labute approximate surface area is 147 Å². The second kappa shape index (κ2) is 10.2. The maximum absolute atomic E-state index is 12.0. The Kier molecular flexibility index (Phi) is 8.92. The molecule has 0 aromatic heterocycles. The number of carbonyl (C=O) groups is 2. The molecule has 0 fully saturated rings. The van der Waals surface area contributed by atoms with Gasteiger partial charge in [0.05, 0.1) is 25.7 Å². The van der Waals surface area contributed by atoms with E-state index in [0.29, 0.717) is 0 Å². The van der Waals surface area contributed by atoms with Crippen LogP contribution in [0.2, 0.25) is 0 Å². The Morgan fingerprint density at radius 2 is 1.96 bits per heavy atom. The molecule has 0 aromatic carbocycles. The summed E-state index contributed by atoms with van der Waals surface area (Å²) in [6.45, 7) is 4.84. The summed E-state index contributed by atoms with van der Waals surface area (Å²) in [5.74, 6) is -0.720. The highest BCUT2D eigenvalue weighted by atomic mass is 31.2. The third-order valence-electron chi connectivity index (χ3n) is 3.03. The van der Waals surface area contributed by atoms with Gasteiger partial charge in [0, 0.05) is 20.0 Å². The van der Waals surface area contributed by atoms with Crippen LogP contribution in [0.15, 0.2) is 12.3 Å². The molecule has 0 bridgehead atoms. The largest absolute Gasteiger partial charge is 0.380 e. The lowest BCUT2D eigenvalue weighted by Crippen LogP contribution is -2.46. The zero-order valence-corrected chi connectivity index (χ0v) is 15.8. The number of allylic oxidation sites excluding steroid dienone is 1. The fourth-order valence-electron chi connectivity index (χ4n) is 1.92. The van der Waals surface area contributed by atoms with E-state index in [1.54, 1.807) is 0 Å². The monoisotopic (exact) mass is 379 g/mol. The van der Waals surface area contributed by atoms with E-state index in [4.69, 9.17) is 18.9 Å². The number of ether oxygens (including phenoxy) is 4. The predicted octanol–water partition coefficient (Wildman–Crippen LogP) is 0.916. The van der Waals surface area contributed by atoms with Crippen molar-refractivity contribution in [3.63, 3.8) is 0 Å². The van der Waals surface area contributed by atoms with E-state index in [9.17, 15) is 19.0 Å². The average molecular weight is 379 g/mol. The van der Waals surface area contributed by atoms with Gasteiger partial charge in [-0.2, -0.15) is 0 Å². The molecular weight excluding hydrogens is 353 g/mol. The molecule has 1 aliphatic rings. The lowest BCUT2D eigenvalue weighted by atomic mass is 10.2. The zero-order valence-electron chi connectivity index (χ0n) is 14.9. The van der Waals surface area contributed by atoms with Crippen molar-refractivity contribution in [2.75, 3.05) is 33.3 Å². The average Bonchev–Trinajstić information content (AvgIpc) is 2.48. The molecule has 1 rings (SSSR count). The van der Waals surface area contributed by atoms with E-state index in [1.165, 1.54) is 31.0 Å². The van der Waals surface area contributed by atoms with Crippen LogP contribution < -0.4 is 0 Å². The Hall–Kier alpha value is -1.09. The Morgan fingerprint density at radius 1 is 1.28 bits per heavy atom. The van der Waals surface area contributed by atoms with Crippen molar-refractivity contribution in [3.05, 3.63) is 12.3 Å². The molecule has 3 atom stereocenters. The summed E-state index contributed by atoms with van der Waals surface area (Å²) in [7, 11) is -1.97. The maximum atomic E-state index is 12.0. The molecule has 1 amide bonds. The van der Waals surface area contributed by atoms with Crippen LogP contribution in [0.1, 0.15) is 20.3 Å². The van der Waals surface area contributed by atoms with Gasteiger partial charge in [-0.05, 0) is 19.9 Å². The molecule has 0 aliphatic carbocycles. The number of amides is 1. The van der Waals surface area contributed by atoms with Gasteiger partial charge in [0.15, 0.2) is 18.3 Å². The van der Waals surface area contributed by atoms with Gasteiger partial charge in [0.2, 0.25) is 13.3 Å². The second-order valence-electron chi connectivity index (χ2n) is 5.96. The van der Waals surface area contributed by atoms with Crippen LogP contribution in [0.4, 0.5) is 0 Å². The van der Waals surface area contributed by atoms with Gasteiger partial charge in [-0.25, -0.2) is 0 Å². The third kappa shape index (κ3) is 8.71. The minimum absolute atomic E-state index is 0.00254. The molecule has 1 aliphatic heterocycles. The first-order valence-electron chi connectivity index (χ1n) is 7.81. The molecule has 144 valence electrons. The van der Waals surface area contributed by atoms with Crippen LogP contribution in [-0.4, -0.2) is 73.4 Å². The quantitative estimate of drug-likeness (QED) is 0.320. The highest BCUT2D eigenvalue weighted by Crippen LogP contribution is 2.35. The van der Waals surface area contributed by atoms with Crippen LogP contribution in [0, 0.1) is 0 Å². The highest BCUT2D eigenvalue weighted by Gasteiger charge is 2.30. The minimum Gasteiger partial charge on any atom is -0.380 e. The molecule has 0 radical (unpaired) electrons. The van der Waals surface area contributed by atoms with Crippen molar-refractivity contribution in [1.82, 2.24) is 4.90 Å². The maximum Gasteiger partial charge on any atom is 0.236 e. The summed E-state index contributed by atoms with van der Waals surface area (Å²) in [4.78, 5) is 34.0. The first-order valence-corrected chi connectivity index (χ1v) is 10.1. The standard InChI is InChI=1S/C15H26NO8P/c1-11(2)22-9-15(23-10-25(4,19)20)24-14(8-21-3)16-6-5-12(17)7-13(16)18/h5-6,11,14-15H,7-10H2,1-4H3,(H,19,20)/t14-,15-/m1/s1. The van der Waals surface area contributed by atoms with Crippen LogP contribution in [0.5, 0.6) is 0 Å². The van der Waals surface area contributed by atoms with E-state index >= 15 is 0 Å².